The van der Waals surface area contributed by atoms with Gasteiger partial charge in [0.25, 0.3) is 0 Å². The minimum absolute atomic E-state index is 0.173. The first-order chi connectivity index (χ1) is 12.5. The van der Waals surface area contributed by atoms with Crippen molar-refractivity contribution in [3.63, 3.8) is 0 Å². The summed E-state index contributed by atoms with van der Waals surface area (Å²) in [4.78, 5) is 15.0. The molecule has 0 spiro atoms. The number of hydrogen-bond donors (Lipinski definition) is 2. The molecular weight excluding hydrogens is 359 g/mol. The number of rotatable bonds is 6. The number of nitrogens with zero attached hydrogens (tertiary/aromatic N) is 4. The van der Waals surface area contributed by atoms with Gasteiger partial charge in [0.1, 0.15) is 5.82 Å². The van der Waals surface area contributed by atoms with Crippen LogP contribution >= 0.6 is 11.6 Å². The lowest BCUT2D eigenvalue weighted by Gasteiger charge is -2.07. The molecular formula is C17H16ClFN6O. The third-order valence-electron chi connectivity index (χ3n) is 3.69. The molecule has 3 aromatic rings. The van der Waals surface area contributed by atoms with E-state index in [9.17, 15) is 9.18 Å². The van der Waals surface area contributed by atoms with Crippen molar-refractivity contribution in [2.45, 2.75) is 6.92 Å². The zero-order valence-electron chi connectivity index (χ0n) is 14.1. The van der Waals surface area contributed by atoms with Gasteiger partial charge in [-0.2, -0.15) is 5.10 Å². The maximum Gasteiger partial charge on any atom is 0.211 e. The van der Waals surface area contributed by atoms with E-state index in [2.05, 4.69) is 20.7 Å². The number of amides is 1. The molecule has 2 heterocycles. The van der Waals surface area contributed by atoms with Crippen LogP contribution in [0.5, 0.6) is 0 Å². The first-order valence-corrected chi connectivity index (χ1v) is 8.04. The van der Waals surface area contributed by atoms with Crippen LogP contribution in [0.1, 0.15) is 5.69 Å². The van der Waals surface area contributed by atoms with Gasteiger partial charge < -0.3 is 15.2 Å². The van der Waals surface area contributed by atoms with E-state index < -0.39 is 5.82 Å². The molecule has 0 atom stereocenters. The van der Waals surface area contributed by atoms with E-state index in [-0.39, 0.29) is 10.6 Å². The van der Waals surface area contributed by atoms with Crippen molar-refractivity contribution in [1.82, 2.24) is 24.6 Å². The Labute approximate surface area is 154 Å². The third kappa shape index (κ3) is 3.45. The Morgan fingerprint density at radius 1 is 1.35 bits per heavy atom. The molecule has 0 unspecified atom stereocenters. The first-order valence-electron chi connectivity index (χ1n) is 7.66. The molecule has 0 bridgehead atoms. The van der Waals surface area contributed by atoms with Crippen LogP contribution in [0.25, 0.3) is 17.6 Å². The summed E-state index contributed by atoms with van der Waals surface area (Å²) < 4.78 is 17.7. The number of carbonyl (C=O) groups is 1. The van der Waals surface area contributed by atoms with E-state index in [4.69, 9.17) is 11.6 Å². The molecule has 0 saturated carbocycles. The molecule has 0 saturated heterocycles. The van der Waals surface area contributed by atoms with Crippen LogP contribution in [-0.4, -0.2) is 25.7 Å². The molecule has 1 amide bonds. The number of imidazole rings is 1. The fourth-order valence-corrected chi connectivity index (χ4v) is 2.73. The summed E-state index contributed by atoms with van der Waals surface area (Å²) in [5.74, 6) is 0.331. The lowest BCUT2D eigenvalue weighted by atomic mass is 10.2. The molecule has 2 N–H and O–H groups in total. The predicted molar refractivity (Wildman–Crippen MR) is 98.4 cm³/mol. The molecule has 2 aromatic heterocycles. The Kier molecular flexibility index (Phi) is 5.04. The minimum Gasteiger partial charge on any atom is -0.336 e. The maximum atomic E-state index is 14.4. The summed E-state index contributed by atoms with van der Waals surface area (Å²) in [5, 5.41) is 9.90. The zero-order valence-corrected chi connectivity index (χ0v) is 14.8. The molecule has 0 fully saturated rings. The van der Waals surface area contributed by atoms with Gasteiger partial charge in [-0.1, -0.05) is 17.7 Å². The standard InChI is InChI=1S/C17H16ClFN6O/c1-11-16(22-12-8-21-24(2)9-12)23-17(25(11)7-6-20-10-26)15-13(18)4-3-5-14(15)19/h3-10,22H,1-2H3,(H,20,26)/b7-6-. The number of anilines is 2. The zero-order chi connectivity index (χ0) is 18.7. The third-order valence-corrected chi connectivity index (χ3v) is 4.01. The van der Waals surface area contributed by atoms with E-state index in [0.717, 1.165) is 5.69 Å². The fourth-order valence-electron chi connectivity index (χ4n) is 2.48. The highest BCUT2D eigenvalue weighted by molar-refractivity contribution is 6.33. The molecule has 0 radical (unpaired) electrons. The Balaban J connectivity index is 2.12. The Morgan fingerprint density at radius 3 is 2.81 bits per heavy atom. The van der Waals surface area contributed by atoms with Crippen LogP contribution in [0.2, 0.25) is 5.02 Å². The van der Waals surface area contributed by atoms with Gasteiger partial charge in [-0.25, -0.2) is 9.37 Å². The predicted octanol–water partition coefficient (Wildman–Crippen LogP) is 3.30. The van der Waals surface area contributed by atoms with E-state index in [0.29, 0.717) is 23.7 Å². The van der Waals surface area contributed by atoms with Crippen LogP contribution in [-0.2, 0) is 11.8 Å². The SMILES string of the molecule is Cc1c(Nc2cnn(C)c2)nc(-c2c(F)cccc2Cl)n1/C=C\NC=O. The molecule has 26 heavy (non-hydrogen) atoms. The van der Waals surface area contributed by atoms with Crippen LogP contribution in [0, 0.1) is 12.7 Å². The van der Waals surface area contributed by atoms with Crippen molar-refractivity contribution in [3.05, 3.63) is 53.3 Å². The highest BCUT2D eigenvalue weighted by Gasteiger charge is 2.20. The molecule has 1 aromatic carbocycles. The van der Waals surface area contributed by atoms with Crippen molar-refractivity contribution < 1.29 is 9.18 Å². The summed E-state index contributed by atoms with van der Waals surface area (Å²) in [6.45, 7) is 1.81. The normalized spacial score (nSPS) is 11.1. The van der Waals surface area contributed by atoms with E-state index in [1.165, 1.54) is 18.3 Å². The number of benzene rings is 1. The maximum absolute atomic E-state index is 14.4. The second kappa shape index (κ2) is 7.40. The highest BCUT2D eigenvalue weighted by Crippen LogP contribution is 2.33. The summed E-state index contributed by atoms with van der Waals surface area (Å²) in [6, 6.07) is 4.44. The van der Waals surface area contributed by atoms with Gasteiger partial charge in [0.05, 0.1) is 28.2 Å². The molecule has 0 aliphatic rings. The Bertz CT molecular complexity index is 958. The highest BCUT2D eigenvalue weighted by atomic mass is 35.5. The quantitative estimate of drug-likeness (QED) is 0.649. The molecule has 7 nitrogen and oxygen atoms in total. The van der Waals surface area contributed by atoms with E-state index in [1.807, 2.05) is 6.92 Å². The van der Waals surface area contributed by atoms with Crippen LogP contribution in [0.4, 0.5) is 15.9 Å². The van der Waals surface area contributed by atoms with Crippen LogP contribution in [0.15, 0.2) is 36.8 Å². The second-order valence-electron chi connectivity index (χ2n) is 5.46. The van der Waals surface area contributed by atoms with E-state index in [1.54, 1.807) is 41.0 Å². The lowest BCUT2D eigenvalue weighted by Crippen LogP contribution is -2.02. The van der Waals surface area contributed by atoms with Crippen molar-refractivity contribution >= 4 is 35.7 Å². The van der Waals surface area contributed by atoms with Crippen molar-refractivity contribution in [2.24, 2.45) is 7.05 Å². The van der Waals surface area contributed by atoms with Crippen molar-refractivity contribution in [1.29, 1.82) is 0 Å². The van der Waals surface area contributed by atoms with Crippen LogP contribution in [0.3, 0.4) is 0 Å². The van der Waals surface area contributed by atoms with Gasteiger partial charge in [0, 0.05) is 25.6 Å². The topological polar surface area (TPSA) is 76.8 Å². The number of aromatic nitrogens is 4. The van der Waals surface area contributed by atoms with Gasteiger partial charge in [0.2, 0.25) is 6.41 Å². The Hall–Kier alpha value is -3.13. The van der Waals surface area contributed by atoms with Gasteiger partial charge in [-0.05, 0) is 19.1 Å². The second-order valence-corrected chi connectivity index (χ2v) is 5.87. The fraction of sp³-hybridized carbons (Fsp3) is 0.118. The molecule has 9 heteroatoms. The number of nitrogens with one attached hydrogen (secondary N) is 2. The lowest BCUT2D eigenvalue weighted by molar-refractivity contribution is -0.108. The molecule has 0 aliphatic carbocycles. The average molecular weight is 375 g/mol. The van der Waals surface area contributed by atoms with E-state index >= 15 is 0 Å². The summed E-state index contributed by atoms with van der Waals surface area (Å²) in [7, 11) is 1.80. The smallest absolute Gasteiger partial charge is 0.211 e. The molecule has 3 rings (SSSR count). The Morgan fingerprint density at radius 2 is 2.15 bits per heavy atom. The minimum atomic E-state index is -0.492. The number of aryl methyl sites for hydroxylation is 1. The van der Waals surface area contributed by atoms with Crippen molar-refractivity contribution in [3.8, 4) is 11.4 Å². The van der Waals surface area contributed by atoms with Gasteiger partial charge in [-0.15, -0.1) is 0 Å². The van der Waals surface area contributed by atoms with Crippen molar-refractivity contribution in [2.75, 3.05) is 5.32 Å². The largest absolute Gasteiger partial charge is 0.336 e. The molecule has 134 valence electrons. The number of halogens is 2. The van der Waals surface area contributed by atoms with Gasteiger partial charge >= 0.3 is 0 Å². The number of hydrogen-bond acceptors (Lipinski definition) is 4. The summed E-state index contributed by atoms with van der Waals surface area (Å²) in [6.07, 6.45) is 6.97. The van der Waals surface area contributed by atoms with Gasteiger partial charge in [-0.3, -0.25) is 9.48 Å². The summed E-state index contributed by atoms with van der Waals surface area (Å²) >= 11 is 6.20. The first kappa shape index (κ1) is 17.7. The average Bonchev–Trinajstić information content (AvgIpc) is 3.13. The number of carbonyl (C=O) groups excluding carboxylic acids is 1. The summed E-state index contributed by atoms with van der Waals surface area (Å²) in [5.41, 5.74) is 1.61. The monoisotopic (exact) mass is 374 g/mol. The van der Waals surface area contributed by atoms with Gasteiger partial charge in [0.15, 0.2) is 11.6 Å². The molecule has 0 aliphatic heterocycles. The van der Waals surface area contributed by atoms with Crippen LogP contribution < -0.4 is 10.6 Å².